The zero-order valence-corrected chi connectivity index (χ0v) is 16.5. The van der Waals surface area contributed by atoms with Crippen molar-refractivity contribution < 1.29 is 24.0 Å². The SMILES string of the molecule is CC(=O)SCC(=Cc1ccc(O)c(C(N)=O)c1)B1OC(C)(C)C(C)(C)O1. The minimum absolute atomic E-state index is 0.0176. The Hall–Kier alpha value is -1.77. The van der Waals surface area contributed by atoms with Crippen LogP contribution in [0.25, 0.3) is 6.08 Å². The zero-order chi connectivity index (χ0) is 19.7. The largest absolute Gasteiger partial charge is 0.507 e. The summed E-state index contributed by atoms with van der Waals surface area (Å²) in [6, 6.07) is 4.57. The van der Waals surface area contributed by atoms with Gasteiger partial charge >= 0.3 is 7.12 Å². The second kappa shape index (κ2) is 7.46. The van der Waals surface area contributed by atoms with E-state index in [-0.39, 0.29) is 16.4 Å². The number of phenols is 1. The van der Waals surface area contributed by atoms with E-state index in [1.807, 2.05) is 27.7 Å². The van der Waals surface area contributed by atoms with E-state index in [1.165, 1.54) is 19.1 Å². The summed E-state index contributed by atoms with van der Waals surface area (Å²) in [5, 5.41) is 9.73. The molecule has 1 aliphatic heterocycles. The van der Waals surface area contributed by atoms with Crippen molar-refractivity contribution in [1.82, 2.24) is 0 Å². The molecule has 3 N–H and O–H groups in total. The van der Waals surface area contributed by atoms with Gasteiger partial charge in [0.05, 0.1) is 16.8 Å². The molecular weight excluding hydrogens is 353 g/mol. The van der Waals surface area contributed by atoms with E-state index in [0.717, 1.165) is 17.2 Å². The van der Waals surface area contributed by atoms with Crippen molar-refractivity contribution in [3.63, 3.8) is 0 Å². The van der Waals surface area contributed by atoms with Gasteiger partial charge in [-0.15, -0.1) is 0 Å². The molecule has 0 radical (unpaired) electrons. The molecule has 1 aromatic rings. The summed E-state index contributed by atoms with van der Waals surface area (Å²) in [4.78, 5) is 22.9. The van der Waals surface area contributed by atoms with Crippen LogP contribution in [-0.4, -0.2) is 40.2 Å². The van der Waals surface area contributed by atoms with Crippen molar-refractivity contribution in [3.8, 4) is 5.75 Å². The highest BCUT2D eigenvalue weighted by molar-refractivity contribution is 8.13. The molecule has 0 aromatic heterocycles. The number of rotatable bonds is 5. The maximum atomic E-state index is 11.4. The Morgan fingerprint density at radius 3 is 2.31 bits per heavy atom. The molecule has 140 valence electrons. The van der Waals surface area contributed by atoms with E-state index < -0.39 is 24.2 Å². The third-order valence-electron chi connectivity index (χ3n) is 4.64. The smallest absolute Gasteiger partial charge is 0.491 e. The topological polar surface area (TPSA) is 98.8 Å². The first-order chi connectivity index (χ1) is 11.9. The van der Waals surface area contributed by atoms with Crippen molar-refractivity contribution >= 4 is 36.0 Å². The molecule has 1 saturated heterocycles. The second-order valence-electron chi connectivity index (χ2n) is 7.23. The number of nitrogens with two attached hydrogens (primary N) is 1. The lowest BCUT2D eigenvalue weighted by Gasteiger charge is -2.32. The number of carbonyl (C=O) groups excluding carboxylic acids is 2. The summed E-state index contributed by atoms with van der Waals surface area (Å²) >= 11 is 1.15. The molecule has 6 nitrogen and oxygen atoms in total. The quantitative estimate of drug-likeness (QED) is 0.766. The normalized spacial score (nSPS) is 18.8. The second-order valence-corrected chi connectivity index (χ2v) is 8.38. The van der Waals surface area contributed by atoms with E-state index in [9.17, 15) is 14.7 Å². The maximum Gasteiger partial charge on any atom is 0.491 e. The molecule has 1 amide bonds. The minimum atomic E-state index is -0.715. The first-order valence-corrected chi connectivity index (χ1v) is 9.24. The van der Waals surface area contributed by atoms with Crippen LogP contribution in [0.2, 0.25) is 0 Å². The Morgan fingerprint density at radius 2 is 1.81 bits per heavy atom. The standard InChI is InChI=1S/C18H24BNO5S/c1-11(21)26-10-13(19-24-17(2,3)18(4,5)25-19)8-12-6-7-15(22)14(9-12)16(20)23/h6-9,22H,10H2,1-5H3,(H2,20,23). The number of amides is 1. The molecule has 0 bridgehead atoms. The minimum Gasteiger partial charge on any atom is -0.507 e. The summed E-state index contributed by atoms with van der Waals surface area (Å²) in [7, 11) is -0.613. The zero-order valence-electron chi connectivity index (χ0n) is 15.7. The fourth-order valence-corrected chi connectivity index (χ4v) is 3.00. The van der Waals surface area contributed by atoms with Crippen molar-refractivity contribution in [2.75, 3.05) is 5.75 Å². The average Bonchev–Trinajstić information content (AvgIpc) is 2.72. The Morgan fingerprint density at radius 1 is 1.23 bits per heavy atom. The fraction of sp³-hybridized carbons (Fsp3) is 0.444. The molecule has 1 heterocycles. The third-order valence-corrected chi connectivity index (χ3v) is 5.52. The molecule has 8 heteroatoms. The monoisotopic (exact) mass is 377 g/mol. The van der Waals surface area contributed by atoms with E-state index in [0.29, 0.717) is 11.3 Å². The van der Waals surface area contributed by atoms with Gasteiger partial charge in [0.2, 0.25) is 0 Å². The van der Waals surface area contributed by atoms with Crippen molar-refractivity contribution in [3.05, 3.63) is 34.8 Å². The molecule has 2 rings (SSSR count). The van der Waals surface area contributed by atoms with Gasteiger partial charge in [-0.05, 0) is 50.9 Å². The molecule has 1 fully saturated rings. The number of thioether (sulfide) groups is 1. The molecule has 0 aliphatic carbocycles. The summed E-state index contributed by atoms with van der Waals surface area (Å²) < 4.78 is 12.2. The average molecular weight is 377 g/mol. The van der Waals surface area contributed by atoms with Gasteiger partial charge < -0.3 is 20.1 Å². The van der Waals surface area contributed by atoms with Crippen molar-refractivity contribution in [1.29, 1.82) is 0 Å². The van der Waals surface area contributed by atoms with E-state index in [4.69, 9.17) is 15.0 Å². The molecular formula is C18H24BNO5S. The Labute approximate surface area is 158 Å². The molecule has 0 unspecified atom stereocenters. The maximum absolute atomic E-state index is 11.4. The predicted molar refractivity (Wildman–Crippen MR) is 104 cm³/mol. The third kappa shape index (κ3) is 4.49. The first kappa shape index (κ1) is 20.5. The Bertz CT molecular complexity index is 744. The van der Waals surface area contributed by atoms with Gasteiger partial charge in [-0.2, -0.15) is 0 Å². The molecule has 1 aromatic carbocycles. The summed E-state index contributed by atoms with van der Waals surface area (Å²) in [6.07, 6.45) is 1.80. The van der Waals surface area contributed by atoms with Crippen LogP contribution in [0.15, 0.2) is 23.7 Å². The van der Waals surface area contributed by atoms with Gasteiger partial charge in [0, 0.05) is 12.7 Å². The molecule has 0 spiro atoms. The molecule has 1 aliphatic rings. The van der Waals surface area contributed by atoms with Crippen LogP contribution in [-0.2, 0) is 14.1 Å². The van der Waals surface area contributed by atoms with Crippen LogP contribution in [0.4, 0.5) is 0 Å². The first-order valence-electron chi connectivity index (χ1n) is 8.25. The van der Waals surface area contributed by atoms with Gasteiger partial charge in [0.1, 0.15) is 5.75 Å². The number of hydrogen-bond donors (Lipinski definition) is 2. The van der Waals surface area contributed by atoms with Crippen LogP contribution in [0, 0.1) is 0 Å². The summed E-state index contributed by atoms with van der Waals surface area (Å²) in [5.41, 5.74) is 5.72. The highest BCUT2D eigenvalue weighted by Gasteiger charge is 2.52. The van der Waals surface area contributed by atoms with Crippen molar-refractivity contribution in [2.45, 2.75) is 45.8 Å². The number of primary amides is 1. The van der Waals surface area contributed by atoms with Crippen LogP contribution in [0.3, 0.4) is 0 Å². The van der Waals surface area contributed by atoms with Crippen LogP contribution in [0.5, 0.6) is 5.75 Å². The molecule has 0 atom stereocenters. The molecule has 0 saturated carbocycles. The van der Waals surface area contributed by atoms with E-state index in [2.05, 4.69) is 0 Å². The Kier molecular flexibility index (Phi) is 5.90. The van der Waals surface area contributed by atoms with Gasteiger partial charge in [-0.3, -0.25) is 9.59 Å². The summed E-state index contributed by atoms with van der Waals surface area (Å²) in [5.74, 6) is -0.503. The van der Waals surface area contributed by atoms with Gasteiger partial charge in [-0.1, -0.05) is 23.9 Å². The lowest BCUT2D eigenvalue weighted by molar-refractivity contribution is -0.109. The van der Waals surface area contributed by atoms with Crippen LogP contribution >= 0.6 is 11.8 Å². The Balaban J connectivity index is 2.39. The lowest BCUT2D eigenvalue weighted by Crippen LogP contribution is -2.41. The van der Waals surface area contributed by atoms with Crippen molar-refractivity contribution in [2.24, 2.45) is 5.73 Å². The van der Waals surface area contributed by atoms with Crippen LogP contribution in [0.1, 0.15) is 50.5 Å². The summed E-state index contributed by atoms with van der Waals surface area (Å²) in [6.45, 7) is 9.31. The molecule has 26 heavy (non-hydrogen) atoms. The predicted octanol–water partition coefficient (Wildman–Crippen LogP) is 2.79. The highest BCUT2D eigenvalue weighted by atomic mass is 32.2. The van der Waals surface area contributed by atoms with Gasteiger partial charge in [-0.25, -0.2) is 0 Å². The van der Waals surface area contributed by atoms with Gasteiger partial charge in [0.15, 0.2) is 5.12 Å². The van der Waals surface area contributed by atoms with Gasteiger partial charge in [0.25, 0.3) is 5.91 Å². The number of carbonyl (C=O) groups is 2. The number of aromatic hydroxyl groups is 1. The van der Waals surface area contributed by atoms with E-state index in [1.54, 1.807) is 12.1 Å². The number of benzene rings is 1. The number of hydrogen-bond acceptors (Lipinski definition) is 6. The fourth-order valence-electron chi connectivity index (χ4n) is 2.41. The highest BCUT2D eigenvalue weighted by Crippen LogP contribution is 2.39. The van der Waals surface area contributed by atoms with Crippen LogP contribution < -0.4 is 5.73 Å². The van der Waals surface area contributed by atoms with E-state index >= 15 is 0 Å². The lowest BCUT2D eigenvalue weighted by atomic mass is 9.78.